The average Bonchev–Trinajstić information content (AvgIpc) is 2.28. The fourth-order valence-corrected chi connectivity index (χ4v) is 2.89. The van der Waals surface area contributed by atoms with Gasteiger partial charge in [0.2, 0.25) is 0 Å². The van der Waals surface area contributed by atoms with Crippen LogP contribution in [0.25, 0.3) is 0 Å². The zero-order chi connectivity index (χ0) is 10.5. The van der Waals surface area contributed by atoms with Gasteiger partial charge in [0.15, 0.2) is 0 Å². The Hall–Kier alpha value is -0.970. The Kier molecular flexibility index (Phi) is 3.66. The van der Waals surface area contributed by atoms with Gasteiger partial charge in [-0.05, 0) is 18.6 Å². The van der Waals surface area contributed by atoms with Gasteiger partial charge < -0.3 is 11.1 Å². The summed E-state index contributed by atoms with van der Waals surface area (Å²) < 4.78 is 0. The molecule has 0 aromatic carbocycles. The van der Waals surface area contributed by atoms with Crippen LogP contribution >= 0.6 is 11.8 Å². The Labute approximate surface area is 94.1 Å². The summed E-state index contributed by atoms with van der Waals surface area (Å²) in [7, 11) is 0. The third-order valence-electron chi connectivity index (χ3n) is 2.47. The highest BCUT2D eigenvalue weighted by molar-refractivity contribution is 7.99. The highest BCUT2D eigenvalue weighted by Crippen LogP contribution is 2.25. The maximum atomic E-state index is 5.57. The SMILES string of the molecule is Nc1cc(NCC2CCCCS2)ncn1. The van der Waals surface area contributed by atoms with Crippen molar-refractivity contribution in [3.05, 3.63) is 12.4 Å². The van der Waals surface area contributed by atoms with Crippen molar-refractivity contribution in [3.8, 4) is 0 Å². The van der Waals surface area contributed by atoms with Gasteiger partial charge in [0, 0.05) is 17.9 Å². The fourth-order valence-electron chi connectivity index (χ4n) is 1.66. The van der Waals surface area contributed by atoms with Crippen molar-refractivity contribution >= 4 is 23.4 Å². The van der Waals surface area contributed by atoms with Crippen LogP contribution in [0.2, 0.25) is 0 Å². The predicted octanol–water partition coefficient (Wildman–Crippen LogP) is 1.76. The maximum Gasteiger partial charge on any atom is 0.131 e. The van der Waals surface area contributed by atoms with Gasteiger partial charge in [0.25, 0.3) is 0 Å². The smallest absolute Gasteiger partial charge is 0.131 e. The van der Waals surface area contributed by atoms with Crippen LogP contribution in [0, 0.1) is 0 Å². The lowest BCUT2D eigenvalue weighted by Crippen LogP contribution is -2.20. The number of hydrogen-bond acceptors (Lipinski definition) is 5. The van der Waals surface area contributed by atoms with E-state index in [2.05, 4.69) is 15.3 Å². The second-order valence-electron chi connectivity index (χ2n) is 3.70. The van der Waals surface area contributed by atoms with Crippen LogP contribution in [0.4, 0.5) is 11.6 Å². The number of nitrogens with one attached hydrogen (secondary N) is 1. The van der Waals surface area contributed by atoms with Gasteiger partial charge in [0.1, 0.15) is 18.0 Å². The molecule has 15 heavy (non-hydrogen) atoms. The van der Waals surface area contributed by atoms with E-state index in [0.717, 1.165) is 17.6 Å². The van der Waals surface area contributed by atoms with Crippen molar-refractivity contribution < 1.29 is 0 Å². The number of nitrogen functional groups attached to an aromatic ring is 1. The summed E-state index contributed by atoms with van der Waals surface area (Å²) in [6.45, 7) is 0.973. The molecule has 2 rings (SSSR count). The molecule has 0 saturated carbocycles. The third-order valence-corrected chi connectivity index (χ3v) is 3.87. The van der Waals surface area contributed by atoms with Gasteiger partial charge in [-0.3, -0.25) is 0 Å². The highest BCUT2D eigenvalue weighted by atomic mass is 32.2. The molecule has 0 radical (unpaired) electrons. The molecule has 1 aliphatic heterocycles. The Morgan fingerprint density at radius 2 is 2.40 bits per heavy atom. The van der Waals surface area contributed by atoms with Crippen molar-refractivity contribution in [1.82, 2.24) is 9.97 Å². The first-order chi connectivity index (χ1) is 7.34. The van der Waals surface area contributed by atoms with E-state index < -0.39 is 0 Å². The molecule has 5 heteroatoms. The largest absolute Gasteiger partial charge is 0.384 e. The van der Waals surface area contributed by atoms with E-state index in [4.69, 9.17) is 5.73 Å². The standard InChI is InChI=1S/C10H16N4S/c11-9-5-10(14-7-13-9)12-6-8-3-1-2-4-15-8/h5,7-8H,1-4,6H2,(H3,11,12,13,14). The molecule has 1 fully saturated rings. The summed E-state index contributed by atoms with van der Waals surface area (Å²) in [6.07, 6.45) is 5.51. The first kappa shape index (κ1) is 10.5. The number of nitrogens with zero attached hydrogens (tertiary/aromatic N) is 2. The monoisotopic (exact) mass is 224 g/mol. The van der Waals surface area contributed by atoms with E-state index in [-0.39, 0.29) is 0 Å². The van der Waals surface area contributed by atoms with Crippen LogP contribution in [0.3, 0.4) is 0 Å². The number of anilines is 2. The summed E-state index contributed by atoms with van der Waals surface area (Å²) in [5, 5.41) is 4.02. The molecule has 82 valence electrons. The molecule has 0 bridgehead atoms. The van der Waals surface area contributed by atoms with E-state index in [1.54, 1.807) is 6.07 Å². The summed E-state index contributed by atoms with van der Waals surface area (Å²) in [6, 6.07) is 1.77. The molecule has 1 aromatic heterocycles. The Balaban J connectivity index is 1.81. The van der Waals surface area contributed by atoms with Crippen LogP contribution < -0.4 is 11.1 Å². The lowest BCUT2D eigenvalue weighted by Gasteiger charge is -2.21. The van der Waals surface area contributed by atoms with Crippen LogP contribution in [-0.4, -0.2) is 27.5 Å². The van der Waals surface area contributed by atoms with E-state index in [9.17, 15) is 0 Å². The fraction of sp³-hybridized carbons (Fsp3) is 0.600. The maximum absolute atomic E-state index is 5.57. The normalized spacial score (nSPS) is 21.2. The van der Waals surface area contributed by atoms with Gasteiger partial charge in [-0.25, -0.2) is 9.97 Å². The zero-order valence-corrected chi connectivity index (χ0v) is 9.46. The molecule has 1 atom stereocenters. The van der Waals surface area contributed by atoms with Crippen molar-refractivity contribution in [3.63, 3.8) is 0 Å². The minimum Gasteiger partial charge on any atom is -0.384 e. The average molecular weight is 224 g/mol. The minimum absolute atomic E-state index is 0.517. The van der Waals surface area contributed by atoms with Gasteiger partial charge in [0.05, 0.1) is 0 Å². The first-order valence-corrected chi connectivity index (χ1v) is 6.32. The second kappa shape index (κ2) is 5.21. The summed E-state index contributed by atoms with van der Waals surface area (Å²) in [4.78, 5) is 7.97. The summed E-state index contributed by atoms with van der Waals surface area (Å²) in [5.41, 5.74) is 5.57. The molecule has 0 spiro atoms. The third kappa shape index (κ3) is 3.27. The molecule has 1 aromatic rings. The van der Waals surface area contributed by atoms with E-state index >= 15 is 0 Å². The molecule has 0 amide bonds. The predicted molar refractivity (Wildman–Crippen MR) is 65.0 cm³/mol. The minimum atomic E-state index is 0.517. The van der Waals surface area contributed by atoms with Crippen LogP contribution in [-0.2, 0) is 0 Å². The summed E-state index contributed by atoms with van der Waals surface area (Å²) >= 11 is 2.05. The molecule has 1 unspecified atom stereocenters. The van der Waals surface area contributed by atoms with E-state index in [1.807, 2.05) is 11.8 Å². The van der Waals surface area contributed by atoms with Gasteiger partial charge >= 0.3 is 0 Å². The quantitative estimate of drug-likeness (QED) is 0.819. The van der Waals surface area contributed by atoms with E-state index in [1.165, 1.54) is 31.3 Å². The van der Waals surface area contributed by atoms with Crippen molar-refractivity contribution in [2.75, 3.05) is 23.3 Å². The van der Waals surface area contributed by atoms with Gasteiger partial charge in [-0.1, -0.05) is 6.42 Å². The Morgan fingerprint density at radius 3 is 3.13 bits per heavy atom. The molecule has 0 aliphatic carbocycles. The van der Waals surface area contributed by atoms with Gasteiger partial charge in [-0.15, -0.1) is 0 Å². The number of thioether (sulfide) groups is 1. The Morgan fingerprint density at radius 1 is 1.47 bits per heavy atom. The van der Waals surface area contributed by atoms with Crippen molar-refractivity contribution in [2.24, 2.45) is 0 Å². The highest BCUT2D eigenvalue weighted by Gasteiger charge is 2.13. The number of aromatic nitrogens is 2. The number of hydrogen-bond donors (Lipinski definition) is 2. The Bertz CT molecular complexity index is 312. The lowest BCUT2D eigenvalue weighted by atomic mass is 10.2. The topological polar surface area (TPSA) is 63.8 Å². The summed E-state index contributed by atoms with van der Waals surface area (Å²) in [5.74, 6) is 2.63. The molecule has 4 nitrogen and oxygen atoms in total. The second-order valence-corrected chi connectivity index (χ2v) is 5.11. The lowest BCUT2D eigenvalue weighted by molar-refractivity contribution is 0.677. The van der Waals surface area contributed by atoms with Crippen LogP contribution in [0.5, 0.6) is 0 Å². The number of rotatable bonds is 3. The van der Waals surface area contributed by atoms with Crippen molar-refractivity contribution in [1.29, 1.82) is 0 Å². The molecular weight excluding hydrogens is 208 g/mol. The molecule has 3 N–H and O–H groups in total. The molecular formula is C10H16N4S. The van der Waals surface area contributed by atoms with Crippen molar-refractivity contribution in [2.45, 2.75) is 24.5 Å². The zero-order valence-electron chi connectivity index (χ0n) is 8.65. The number of nitrogens with two attached hydrogens (primary N) is 1. The van der Waals surface area contributed by atoms with Crippen LogP contribution in [0.1, 0.15) is 19.3 Å². The van der Waals surface area contributed by atoms with Crippen LogP contribution in [0.15, 0.2) is 12.4 Å². The first-order valence-electron chi connectivity index (χ1n) is 5.27. The van der Waals surface area contributed by atoms with E-state index in [0.29, 0.717) is 5.82 Å². The van der Waals surface area contributed by atoms with Gasteiger partial charge in [-0.2, -0.15) is 11.8 Å². The molecule has 1 saturated heterocycles. The molecule has 1 aliphatic rings. The molecule has 2 heterocycles.